The number of imide groups is 1. The first-order chi connectivity index (χ1) is 19.8. The molecule has 2 amide bonds. The maximum Gasteiger partial charge on any atom is 0.267 e. The molecule has 0 saturated heterocycles. The summed E-state index contributed by atoms with van der Waals surface area (Å²) in [6, 6.07) is 13.5. The normalized spacial score (nSPS) is 14.8. The molecule has 0 fully saturated rings. The van der Waals surface area contributed by atoms with Crippen LogP contribution in [0.2, 0.25) is 0 Å². The van der Waals surface area contributed by atoms with Gasteiger partial charge in [-0.15, -0.1) is 11.3 Å². The fraction of sp³-hybridized carbons (Fsp3) is 0.172. The van der Waals surface area contributed by atoms with Crippen LogP contribution >= 0.6 is 86.8 Å². The predicted octanol–water partition coefficient (Wildman–Crippen LogP) is 9.41. The fourth-order valence-corrected chi connectivity index (χ4v) is 10.1. The molecule has 0 saturated carbocycles. The Hall–Kier alpha value is -1.83. The van der Waals surface area contributed by atoms with Crippen LogP contribution < -0.4 is 4.90 Å². The standard InChI is InChI=1S/C29H17Br4N3O3S2/c30-23-21-22(24(31)26(33)25(23)32)28(39)35(27(21)38)13-9-10-16-19(11-13)41-29(34-16)40-12-20(37)36-17-7-3-1-5-14(17)15-6-2-4-8-18(15)36/h1,3,5,7,9-11H,2,4,6,8,12H2. The number of hydrogen-bond acceptors (Lipinski definition) is 6. The molecule has 0 bridgehead atoms. The molecule has 2 aromatic heterocycles. The molecule has 0 unspecified atom stereocenters. The Morgan fingerprint density at radius 1 is 0.902 bits per heavy atom. The third-order valence-electron chi connectivity index (χ3n) is 7.46. The first-order valence-corrected chi connectivity index (χ1v) is 17.7. The van der Waals surface area contributed by atoms with Gasteiger partial charge in [0.1, 0.15) is 0 Å². The zero-order valence-corrected chi connectivity index (χ0v) is 28.9. The van der Waals surface area contributed by atoms with Gasteiger partial charge in [0.2, 0.25) is 5.91 Å². The predicted molar refractivity (Wildman–Crippen MR) is 178 cm³/mol. The van der Waals surface area contributed by atoms with E-state index in [1.54, 1.807) is 6.07 Å². The Morgan fingerprint density at radius 3 is 2.32 bits per heavy atom. The maximum absolute atomic E-state index is 13.5. The maximum atomic E-state index is 13.5. The van der Waals surface area contributed by atoms with Crippen molar-refractivity contribution in [3.63, 3.8) is 0 Å². The van der Waals surface area contributed by atoms with Crippen LogP contribution in [0.25, 0.3) is 21.1 Å². The Balaban J connectivity index is 1.16. The molecule has 3 aromatic carbocycles. The highest BCUT2D eigenvalue weighted by Gasteiger charge is 2.42. The molecule has 7 rings (SSSR count). The quantitative estimate of drug-likeness (QED) is 0.0781. The Bertz CT molecular complexity index is 1940. The lowest BCUT2D eigenvalue weighted by molar-refractivity contribution is 0.0920. The molecule has 0 radical (unpaired) electrons. The van der Waals surface area contributed by atoms with Crippen LogP contribution in [0.3, 0.4) is 0 Å². The smallest absolute Gasteiger partial charge is 0.267 e. The number of benzene rings is 3. The largest absolute Gasteiger partial charge is 0.283 e. The molecule has 1 aliphatic carbocycles. The van der Waals surface area contributed by atoms with Gasteiger partial charge in [-0.2, -0.15) is 0 Å². The summed E-state index contributed by atoms with van der Waals surface area (Å²) in [5.74, 6) is -0.495. The molecule has 6 nitrogen and oxygen atoms in total. The highest BCUT2D eigenvalue weighted by atomic mass is 79.9. The highest BCUT2D eigenvalue weighted by Crippen LogP contribution is 2.46. The molecule has 12 heteroatoms. The van der Waals surface area contributed by atoms with Crippen LogP contribution in [0.5, 0.6) is 0 Å². The number of amides is 2. The number of nitrogens with zero attached hydrogens (tertiary/aromatic N) is 3. The lowest BCUT2D eigenvalue weighted by atomic mass is 9.96. The fourth-order valence-electron chi connectivity index (χ4n) is 5.65. The summed E-state index contributed by atoms with van der Waals surface area (Å²) < 4.78 is 5.83. The number of rotatable bonds is 4. The van der Waals surface area contributed by atoms with Crippen LogP contribution in [-0.4, -0.2) is 33.0 Å². The van der Waals surface area contributed by atoms with Crippen molar-refractivity contribution in [3.05, 3.63) is 82.7 Å². The minimum atomic E-state index is -0.405. The molecule has 0 spiro atoms. The highest BCUT2D eigenvalue weighted by molar-refractivity contribution is 9.15. The molecule has 2 aliphatic rings. The summed E-state index contributed by atoms with van der Waals surface area (Å²) in [5.41, 5.74) is 5.27. The van der Waals surface area contributed by atoms with Gasteiger partial charge in [0.05, 0.1) is 38.3 Å². The number of fused-ring (bicyclic) bond motifs is 5. The lowest BCUT2D eigenvalue weighted by Crippen LogP contribution is -2.29. The number of thioether (sulfide) groups is 1. The summed E-state index contributed by atoms with van der Waals surface area (Å²) in [4.78, 5) is 46.3. The first kappa shape index (κ1) is 28.0. The number of halogens is 4. The average Bonchev–Trinajstić information content (AvgIpc) is 3.62. The second-order valence-electron chi connectivity index (χ2n) is 9.75. The molecule has 5 aromatic rings. The van der Waals surface area contributed by atoms with E-state index in [1.165, 1.54) is 38.9 Å². The SMILES string of the molecule is O=C1c2c(Br)c(Br)c(Br)c(Br)c2C(=O)N1c1ccc2nc(SCC(=O)n3c4c(c5ccccc53)CCCC4)sc2c1. The number of carbonyl (C=O) groups excluding carboxylic acids is 3. The van der Waals surface area contributed by atoms with Crippen molar-refractivity contribution in [1.29, 1.82) is 0 Å². The van der Waals surface area contributed by atoms with Gasteiger partial charge in [-0.05, 0) is 119 Å². The van der Waals surface area contributed by atoms with Gasteiger partial charge in [0, 0.05) is 29.0 Å². The Labute approximate surface area is 276 Å². The van der Waals surface area contributed by atoms with Gasteiger partial charge >= 0.3 is 0 Å². The molecule has 0 atom stereocenters. The Kier molecular flexibility index (Phi) is 7.31. The summed E-state index contributed by atoms with van der Waals surface area (Å²) in [7, 11) is 0. The number of para-hydroxylation sites is 1. The van der Waals surface area contributed by atoms with Crippen LogP contribution in [0.15, 0.2) is 64.7 Å². The van der Waals surface area contributed by atoms with Crippen molar-refractivity contribution < 1.29 is 14.4 Å². The number of aryl methyl sites for hydroxylation is 1. The second kappa shape index (κ2) is 10.7. The van der Waals surface area contributed by atoms with Crippen LogP contribution in [-0.2, 0) is 12.8 Å². The van der Waals surface area contributed by atoms with Crippen LogP contribution in [0.1, 0.15) is 49.6 Å². The summed E-state index contributed by atoms with van der Waals surface area (Å²) >= 11 is 16.7. The summed E-state index contributed by atoms with van der Waals surface area (Å²) in [6.07, 6.45) is 4.18. The molecule has 41 heavy (non-hydrogen) atoms. The Morgan fingerprint density at radius 2 is 1.59 bits per heavy atom. The number of carbonyl (C=O) groups is 3. The monoisotopic (exact) mass is 835 g/mol. The number of aromatic nitrogens is 2. The van der Waals surface area contributed by atoms with Gasteiger partial charge in [0.15, 0.2) is 4.34 Å². The van der Waals surface area contributed by atoms with Crippen molar-refractivity contribution in [2.75, 3.05) is 10.7 Å². The van der Waals surface area contributed by atoms with Gasteiger partial charge < -0.3 is 0 Å². The van der Waals surface area contributed by atoms with E-state index in [9.17, 15) is 14.4 Å². The molecular weight excluding hydrogens is 822 g/mol. The van der Waals surface area contributed by atoms with Crippen molar-refractivity contribution in [3.8, 4) is 0 Å². The molecule has 3 heterocycles. The van der Waals surface area contributed by atoms with E-state index in [2.05, 4.69) is 69.8 Å². The van der Waals surface area contributed by atoms with Crippen LogP contribution in [0, 0.1) is 0 Å². The van der Waals surface area contributed by atoms with Crippen molar-refractivity contribution >= 4 is 131 Å². The molecule has 206 valence electrons. The molecular formula is C29H17Br4N3O3S2. The van der Waals surface area contributed by atoms with E-state index in [0.29, 0.717) is 34.7 Å². The van der Waals surface area contributed by atoms with E-state index in [4.69, 9.17) is 4.98 Å². The minimum Gasteiger partial charge on any atom is -0.283 e. The summed E-state index contributed by atoms with van der Waals surface area (Å²) in [6.45, 7) is 0. The van der Waals surface area contributed by atoms with E-state index in [-0.39, 0.29) is 11.7 Å². The minimum absolute atomic E-state index is 0.0498. The van der Waals surface area contributed by atoms with Crippen molar-refractivity contribution in [2.45, 2.75) is 30.0 Å². The van der Waals surface area contributed by atoms with Gasteiger partial charge in [-0.3, -0.25) is 19.0 Å². The summed E-state index contributed by atoms with van der Waals surface area (Å²) in [5, 5.41) is 1.18. The molecule has 1 aliphatic heterocycles. The molecule has 0 N–H and O–H groups in total. The van der Waals surface area contributed by atoms with Crippen molar-refractivity contribution in [1.82, 2.24) is 9.55 Å². The number of hydrogen-bond donors (Lipinski definition) is 0. The second-order valence-corrected chi connectivity index (χ2v) is 15.2. The third-order valence-corrected chi connectivity index (χ3v) is 14.4. The van der Waals surface area contributed by atoms with E-state index in [1.807, 2.05) is 34.9 Å². The van der Waals surface area contributed by atoms with Gasteiger partial charge in [0.25, 0.3) is 11.8 Å². The zero-order chi connectivity index (χ0) is 28.6. The van der Waals surface area contributed by atoms with Gasteiger partial charge in [-0.25, -0.2) is 9.88 Å². The average molecular weight is 839 g/mol. The third kappa shape index (κ3) is 4.43. The first-order valence-electron chi connectivity index (χ1n) is 12.7. The number of thiazole rings is 1. The van der Waals surface area contributed by atoms with E-state index >= 15 is 0 Å². The van der Waals surface area contributed by atoms with E-state index < -0.39 is 11.8 Å². The van der Waals surface area contributed by atoms with Crippen molar-refractivity contribution in [2.24, 2.45) is 0 Å². The number of anilines is 1. The van der Waals surface area contributed by atoms with E-state index in [0.717, 1.165) is 51.5 Å². The van der Waals surface area contributed by atoms with Gasteiger partial charge in [-0.1, -0.05) is 30.0 Å². The topological polar surface area (TPSA) is 72.3 Å². The van der Waals surface area contributed by atoms with Crippen LogP contribution in [0.4, 0.5) is 5.69 Å². The zero-order valence-electron chi connectivity index (χ0n) is 21.0. The lowest BCUT2D eigenvalue weighted by Gasteiger charge is -2.14.